The minimum atomic E-state index is -3.46. The Kier molecular flexibility index (Phi) is 3.97. The molecule has 21 heavy (non-hydrogen) atoms. The molecule has 1 aromatic heterocycles. The summed E-state index contributed by atoms with van der Waals surface area (Å²) in [5.74, 6) is -0.0620. The summed E-state index contributed by atoms with van der Waals surface area (Å²) >= 11 is 4.71. The number of thiazole rings is 1. The number of anilines is 1. The predicted octanol–water partition coefficient (Wildman–Crippen LogP) is 4.00. The second-order valence-electron chi connectivity index (χ2n) is 4.48. The van der Waals surface area contributed by atoms with E-state index in [0.717, 1.165) is 20.3 Å². The van der Waals surface area contributed by atoms with E-state index in [9.17, 15) is 8.42 Å². The molecule has 0 radical (unpaired) electrons. The van der Waals surface area contributed by atoms with Crippen LogP contribution in [-0.4, -0.2) is 13.4 Å². The molecule has 0 aliphatic rings. The normalized spacial score (nSPS) is 11.7. The minimum absolute atomic E-state index is 0.0620. The van der Waals surface area contributed by atoms with Gasteiger partial charge in [0, 0.05) is 4.47 Å². The summed E-state index contributed by atoms with van der Waals surface area (Å²) in [5, 5.41) is 0.388. The number of rotatable bonds is 4. The maximum absolute atomic E-state index is 12.2. The van der Waals surface area contributed by atoms with E-state index in [4.69, 9.17) is 0 Å². The maximum Gasteiger partial charge on any atom is 0.238 e. The van der Waals surface area contributed by atoms with Crippen molar-refractivity contribution in [3.63, 3.8) is 0 Å². The van der Waals surface area contributed by atoms with Crippen LogP contribution >= 0.6 is 27.3 Å². The summed E-state index contributed by atoms with van der Waals surface area (Å²) in [6, 6.07) is 14.7. The number of aromatic nitrogens is 1. The zero-order valence-corrected chi connectivity index (χ0v) is 14.0. The van der Waals surface area contributed by atoms with E-state index in [-0.39, 0.29) is 5.75 Å². The van der Waals surface area contributed by atoms with Crippen LogP contribution in [0.4, 0.5) is 5.13 Å². The molecule has 2 aromatic carbocycles. The Morgan fingerprint density at radius 1 is 1.14 bits per heavy atom. The monoisotopic (exact) mass is 382 g/mol. The third kappa shape index (κ3) is 3.61. The molecule has 0 aliphatic carbocycles. The summed E-state index contributed by atoms with van der Waals surface area (Å²) < 4.78 is 28.7. The largest absolute Gasteiger partial charge is 0.258 e. The molecule has 7 heteroatoms. The Morgan fingerprint density at radius 3 is 2.67 bits per heavy atom. The standard InChI is InChI=1S/C14H11BrN2O2S2/c15-11-6-7-12-13(8-11)20-14(16-12)17-21(18,19)9-10-4-2-1-3-5-10/h1-8H,9H2,(H,16,17). The van der Waals surface area contributed by atoms with Gasteiger partial charge >= 0.3 is 0 Å². The highest BCUT2D eigenvalue weighted by molar-refractivity contribution is 9.10. The van der Waals surface area contributed by atoms with Crippen LogP contribution in [0.25, 0.3) is 10.2 Å². The van der Waals surface area contributed by atoms with Gasteiger partial charge in [-0.15, -0.1) is 0 Å². The number of nitrogens with one attached hydrogen (secondary N) is 1. The van der Waals surface area contributed by atoms with Crippen molar-refractivity contribution in [1.82, 2.24) is 4.98 Å². The lowest BCUT2D eigenvalue weighted by Crippen LogP contribution is -2.14. The highest BCUT2D eigenvalue weighted by Crippen LogP contribution is 2.29. The highest BCUT2D eigenvalue weighted by atomic mass is 79.9. The zero-order chi connectivity index (χ0) is 14.9. The average Bonchev–Trinajstić information content (AvgIpc) is 2.79. The number of sulfonamides is 1. The van der Waals surface area contributed by atoms with E-state index < -0.39 is 10.0 Å². The van der Waals surface area contributed by atoms with Gasteiger partial charge in [0.25, 0.3) is 0 Å². The average molecular weight is 383 g/mol. The van der Waals surface area contributed by atoms with Gasteiger partial charge in [0.2, 0.25) is 10.0 Å². The van der Waals surface area contributed by atoms with Crippen molar-refractivity contribution in [2.45, 2.75) is 5.75 Å². The Morgan fingerprint density at radius 2 is 1.90 bits per heavy atom. The molecule has 3 aromatic rings. The van der Waals surface area contributed by atoms with Crippen LogP contribution in [0.3, 0.4) is 0 Å². The van der Waals surface area contributed by atoms with Gasteiger partial charge < -0.3 is 0 Å². The highest BCUT2D eigenvalue weighted by Gasteiger charge is 2.14. The Bertz CT molecular complexity index is 876. The summed E-state index contributed by atoms with van der Waals surface area (Å²) in [5.41, 5.74) is 1.52. The zero-order valence-electron chi connectivity index (χ0n) is 10.8. The number of nitrogens with zero attached hydrogens (tertiary/aromatic N) is 1. The van der Waals surface area contributed by atoms with Gasteiger partial charge in [-0.05, 0) is 23.8 Å². The quantitative estimate of drug-likeness (QED) is 0.741. The smallest absolute Gasteiger partial charge is 0.238 e. The fourth-order valence-electron chi connectivity index (χ4n) is 1.90. The van der Waals surface area contributed by atoms with E-state index in [0.29, 0.717) is 5.13 Å². The van der Waals surface area contributed by atoms with E-state index in [1.54, 1.807) is 12.1 Å². The number of hydrogen-bond donors (Lipinski definition) is 1. The first kappa shape index (κ1) is 14.5. The molecule has 0 unspecified atom stereocenters. The van der Waals surface area contributed by atoms with Gasteiger partial charge in [0.05, 0.1) is 16.0 Å². The van der Waals surface area contributed by atoms with Crippen LogP contribution < -0.4 is 4.72 Å². The first-order valence-electron chi connectivity index (χ1n) is 6.12. The summed E-state index contributed by atoms with van der Waals surface area (Å²) in [6.45, 7) is 0. The van der Waals surface area contributed by atoms with Crippen molar-refractivity contribution in [3.8, 4) is 0 Å². The molecule has 3 rings (SSSR count). The molecule has 1 heterocycles. The minimum Gasteiger partial charge on any atom is -0.258 e. The van der Waals surface area contributed by atoms with Gasteiger partial charge in [-0.1, -0.05) is 57.6 Å². The molecule has 0 fully saturated rings. The Balaban J connectivity index is 1.83. The Labute approximate surface area is 135 Å². The number of halogens is 1. The molecule has 4 nitrogen and oxygen atoms in total. The number of fused-ring (bicyclic) bond motifs is 1. The summed E-state index contributed by atoms with van der Waals surface area (Å²) in [7, 11) is -3.46. The van der Waals surface area contributed by atoms with Gasteiger partial charge in [-0.2, -0.15) is 0 Å². The van der Waals surface area contributed by atoms with Crippen molar-refractivity contribution >= 4 is 52.6 Å². The van der Waals surface area contributed by atoms with E-state index in [1.165, 1.54) is 11.3 Å². The lowest BCUT2D eigenvalue weighted by molar-refractivity contribution is 0.600. The van der Waals surface area contributed by atoms with Crippen molar-refractivity contribution in [1.29, 1.82) is 0 Å². The third-order valence-electron chi connectivity index (χ3n) is 2.79. The molecule has 0 aliphatic heterocycles. The SMILES string of the molecule is O=S(=O)(Cc1ccccc1)Nc1nc2ccc(Br)cc2s1. The van der Waals surface area contributed by atoms with Crippen LogP contribution in [0.2, 0.25) is 0 Å². The topological polar surface area (TPSA) is 59.1 Å². The van der Waals surface area contributed by atoms with Crippen molar-refractivity contribution in [2.24, 2.45) is 0 Å². The molecular formula is C14H11BrN2O2S2. The van der Waals surface area contributed by atoms with Gasteiger partial charge in [-0.3, -0.25) is 4.72 Å². The molecule has 0 saturated carbocycles. The second kappa shape index (κ2) is 5.75. The molecule has 108 valence electrons. The lowest BCUT2D eigenvalue weighted by atomic mass is 10.2. The van der Waals surface area contributed by atoms with Crippen molar-refractivity contribution in [3.05, 3.63) is 58.6 Å². The van der Waals surface area contributed by atoms with Gasteiger partial charge in [-0.25, -0.2) is 13.4 Å². The number of benzene rings is 2. The fraction of sp³-hybridized carbons (Fsp3) is 0.0714. The van der Waals surface area contributed by atoms with Crippen LogP contribution in [0.15, 0.2) is 53.0 Å². The van der Waals surface area contributed by atoms with Crippen LogP contribution in [0.1, 0.15) is 5.56 Å². The second-order valence-corrected chi connectivity index (χ2v) is 8.15. The van der Waals surface area contributed by atoms with Gasteiger partial charge in [0.1, 0.15) is 0 Å². The molecule has 0 bridgehead atoms. The molecule has 0 saturated heterocycles. The lowest BCUT2D eigenvalue weighted by Gasteiger charge is -2.04. The van der Waals surface area contributed by atoms with Crippen LogP contribution in [-0.2, 0) is 15.8 Å². The Hall–Kier alpha value is -1.44. The first-order chi connectivity index (χ1) is 10.0. The number of hydrogen-bond acceptors (Lipinski definition) is 4. The molecule has 0 amide bonds. The summed E-state index contributed by atoms with van der Waals surface area (Å²) in [6.07, 6.45) is 0. The maximum atomic E-state index is 12.2. The van der Waals surface area contributed by atoms with Crippen molar-refractivity contribution in [2.75, 3.05) is 4.72 Å². The van der Waals surface area contributed by atoms with Crippen LogP contribution in [0, 0.1) is 0 Å². The molecule has 0 spiro atoms. The first-order valence-corrected chi connectivity index (χ1v) is 9.38. The van der Waals surface area contributed by atoms with Crippen molar-refractivity contribution < 1.29 is 8.42 Å². The van der Waals surface area contributed by atoms with Crippen LogP contribution in [0.5, 0.6) is 0 Å². The van der Waals surface area contributed by atoms with E-state index in [1.807, 2.05) is 36.4 Å². The van der Waals surface area contributed by atoms with E-state index in [2.05, 4.69) is 25.6 Å². The van der Waals surface area contributed by atoms with E-state index >= 15 is 0 Å². The van der Waals surface area contributed by atoms with Gasteiger partial charge in [0.15, 0.2) is 5.13 Å². The molecule has 0 atom stereocenters. The predicted molar refractivity (Wildman–Crippen MR) is 90.0 cm³/mol. The fourth-order valence-corrected chi connectivity index (χ4v) is 4.74. The molecular weight excluding hydrogens is 372 g/mol. The summed E-state index contributed by atoms with van der Waals surface area (Å²) in [4.78, 5) is 4.29. The third-order valence-corrected chi connectivity index (χ3v) is 5.57. The molecule has 1 N–H and O–H groups in total.